The Labute approximate surface area is 97.4 Å². The average molecular weight is 252 g/mol. The molecule has 0 saturated carbocycles. The zero-order valence-electron chi connectivity index (χ0n) is 7.80. The molecule has 0 aliphatic carbocycles. The number of alkyl halides is 1. The third-order valence-electron chi connectivity index (χ3n) is 1.86. The quantitative estimate of drug-likeness (QED) is 0.754. The van der Waals surface area contributed by atoms with Gasteiger partial charge in [-0.25, -0.2) is 0 Å². The number of hydrogen-bond donors (Lipinski definition) is 0. The van der Waals surface area contributed by atoms with Crippen molar-refractivity contribution >= 4 is 40.4 Å². The van der Waals surface area contributed by atoms with Crippen molar-refractivity contribution in [3.05, 3.63) is 21.3 Å². The van der Waals surface area contributed by atoms with E-state index in [1.807, 2.05) is 12.1 Å². The molecule has 0 unspecified atom stereocenters. The fraction of sp³-hybridized carbons (Fsp3) is 0.444. The first kappa shape index (κ1) is 11.8. The molecule has 1 aromatic rings. The molecular formula is C9H11Cl2NOS. The molecule has 2 nitrogen and oxygen atoms in total. The molecule has 0 bridgehead atoms. The van der Waals surface area contributed by atoms with Crippen molar-refractivity contribution in [2.24, 2.45) is 0 Å². The molecule has 0 atom stereocenters. The number of carbonyl (C=O) groups is 1. The summed E-state index contributed by atoms with van der Waals surface area (Å²) in [5, 5.41) is 0. The van der Waals surface area contributed by atoms with Crippen molar-refractivity contribution < 1.29 is 4.79 Å². The second-order valence-electron chi connectivity index (χ2n) is 2.90. The lowest BCUT2D eigenvalue weighted by Gasteiger charge is -2.14. The van der Waals surface area contributed by atoms with Gasteiger partial charge in [0.25, 0.3) is 0 Å². The first-order valence-corrected chi connectivity index (χ1v) is 5.90. The summed E-state index contributed by atoms with van der Waals surface area (Å²) >= 11 is 12.7. The summed E-state index contributed by atoms with van der Waals surface area (Å²) in [7, 11) is 1.75. The van der Waals surface area contributed by atoms with Crippen LogP contribution in [0.2, 0.25) is 4.34 Å². The van der Waals surface area contributed by atoms with Gasteiger partial charge < -0.3 is 4.90 Å². The maximum atomic E-state index is 11.1. The van der Waals surface area contributed by atoms with E-state index in [1.54, 1.807) is 23.3 Å². The minimum atomic E-state index is -0.0469. The van der Waals surface area contributed by atoms with E-state index in [-0.39, 0.29) is 11.8 Å². The van der Waals surface area contributed by atoms with Crippen molar-refractivity contribution in [2.45, 2.75) is 6.42 Å². The lowest BCUT2D eigenvalue weighted by molar-refractivity contribution is -0.127. The molecule has 5 heteroatoms. The smallest absolute Gasteiger partial charge is 0.237 e. The number of thiophene rings is 1. The van der Waals surface area contributed by atoms with Crippen LogP contribution in [0.25, 0.3) is 0 Å². The second kappa shape index (κ2) is 5.59. The fourth-order valence-corrected chi connectivity index (χ4v) is 2.27. The monoisotopic (exact) mass is 251 g/mol. The largest absolute Gasteiger partial charge is 0.344 e. The average Bonchev–Trinajstić information content (AvgIpc) is 2.59. The van der Waals surface area contributed by atoms with Gasteiger partial charge in [0.15, 0.2) is 0 Å². The Kier molecular flexibility index (Phi) is 4.72. The minimum Gasteiger partial charge on any atom is -0.344 e. The molecule has 0 aliphatic rings. The molecule has 0 fully saturated rings. The zero-order valence-corrected chi connectivity index (χ0v) is 10.1. The predicted molar refractivity (Wildman–Crippen MR) is 61.4 cm³/mol. The number of rotatable bonds is 4. The first-order chi connectivity index (χ1) is 6.63. The lowest BCUT2D eigenvalue weighted by atomic mass is 10.3. The Morgan fingerprint density at radius 2 is 2.29 bits per heavy atom. The Balaban J connectivity index is 2.37. The van der Waals surface area contributed by atoms with Gasteiger partial charge >= 0.3 is 0 Å². The molecule has 0 N–H and O–H groups in total. The van der Waals surface area contributed by atoms with E-state index in [0.29, 0.717) is 6.54 Å². The van der Waals surface area contributed by atoms with E-state index in [0.717, 1.165) is 10.8 Å². The highest BCUT2D eigenvalue weighted by Gasteiger charge is 2.07. The molecule has 1 heterocycles. The molecule has 78 valence electrons. The van der Waals surface area contributed by atoms with Gasteiger partial charge in [-0.2, -0.15) is 0 Å². The van der Waals surface area contributed by atoms with Crippen molar-refractivity contribution in [1.82, 2.24) is 4.90 Å². The van der Waals surface area contributed by atoms with Gasteiger partial charge in [-0.15, -0.1) is 22.9 Å². The topological polar surface area (TPSA) is 20.3 Å². The summed E-state index contributed by atoms with van der Waals surface area (Å²) in [5.41, 5.74) is 0. The summed E-state index contributed by atoms with van der Waals surface area (Å²) < 4.78 is 0.784. The highest BCUT2D eigenvalue weighted by atomic mass is 35.5. The molecule has 0 radical (unpaired) electrons. The molecule has 1 rings (SSSR count). The van der Waals surface area contributed by atoms with Crippen LogP contribution in [0, 0.1) is 0 Å². The first-order valence-electron chi connectivity index (χ1n) is 4.17. The van der Waals surface area contributed by atoms with E-state index in [9.17, 15) is 4.79 Å². The normalized spacial score (nSPS) is 10.2. The van der Waals surface area contributed by atoms with Gasteiger partial charge in [-0.3, -0.25) is 4.79 Å². The standard InChI is InChI=1S/C9H11Cl2NOS/c1-12(9(13)6-10)5-4-7-2-3-8(11)14-7/h2-3H,4-6H2,1H3. The second-order valence-corrected chi connectivity index (χ2v) is 4.97. The summed E-state index contributed by atoms with van der Waals surface area (Å²) in [6.07, 6.45) is 0.830. The van der Waals surface area contributed by atoms with Crippen LogP contribution in [0.4, 0.5) is 0 Å². The van der Waals surface area contributed by atoms with Crippen molar-refractivity contribution in [2.75, 3.05) is 19.5 Å². The number of carbonyl (C=O) groups excluding carboxylic acids is 1. The van der Waals surface area contributed by atoms with E-state index < -0.39 is 0 Å². The fourth-order valence-electron chi connectivity index (χ4n) is 0.991. The number of nitrogens with zero attached hydrogens (tertiary/aromatic N) is 1. The van der Waals surface area contributed by atoms with Crippen molar-refractivity contribution in [1.29, 1.82) is 0 Å². The summed E-state index contributed by atoms with van der Waals surface area (Å²) in [4.78, 5) is 13.9. The van der Waals surface area contributed by atoms with E-state index in [4.69, 9.17) is 23.2 Å². The van der Waals surface area contributed by atoms with Crippen LogP contribution < -0.4 is 0 Å². The van der Waals surface area contributed by atoms with Crippen molar-refractivity contribution in [3.8, 4) is 0 Å². The SMILES string of the molecule is CN(CCc1ccc(Cl)s1)C(=O)CCl. The highest BCUT2D eigenvalue weighted by Crippen LogP contribution is 2.21. The number of halogens is 2. The Hall–Kier alpha value is -0.250. The molecule has 0 aromatic carbocycles. The predicted octanol–water partition coefficient (Wildman–Crippen LogP) is 2.64. The minimum absolute atomic E-state index is 0.0433. The molecule has 14 heavy (non-hydrogen) atoms. The third kappa shape index (κ3) is 3.48. The molecule has 1 amide bonds. The van der Waals surface area contributed by atoms with Gasteiger partial charge in [-0.1, -0.05) is 11.6 Å². The number of amides is 1. The van der Waals surface area contributed by atoms with E-state index >= 15 is 0 Å². The molecule has 0 spiro atoms. The highest BCUT2D eigenvalue weighted by molar-refractivity contribution is 7.16. The third-order valence-corrected chi connectivity index (χ3v) is 3.38. The molecule has 1 aromatic heterocycles. The summed E-state index contributed by atoms with van der Waals surface area (Å²) in [6, 6.07) is 3.84. The van der Waals surface area contributed by atoms with Crippen LogP contribution in [0.1, 0.15) is 4.88 Å². The van der Waals surface area contributed by atoms with Crippen LogP contribution in [0.5, 0.6) is 0 Å². The Bertz CT molecular complexity index is 314. The van der Waals surface area contributed by atoms with Gasteiger partial charge in [0.05, 0.1) is 4.34 Å². The van der Waals surface area contributed by atoms with Crippen LogP contribution in [0.15, 0.2) is 12.1 Å². The lowest BCUT2D eigenvalue weighted by Crippen LogP contribution is -2.29. The maximum Gasteiger partial charge on any atom is 0.237 e. The Morgan fingerprint density at radius 1 is 1.57 bits per heavy atom. The molecule has 0 saturated heterocycles. The molecular weight excluding hydrogens is 241 g/mol. The zero-order chi connectivity index (χ0) is 10.6. The van der Waals surface area contributed by atoms with Gasteiger partial charge in [0.1, 0.15) is 5.88 Å². The van der Waals surface area contributed by atoms with Crippen LogP contribution in [-0.4, -0.2) is 30.3 Å². The number of likely N-dealkylation sites (N-methyl/N-ethyl adjacent to an activating group) is 1. The van der Waals surface area contributed by atoms with Crippen molar-refractivity contribution in [3.63, 3.8) is 0 Å². The van der Waals surface area contributed by atoms with Gasteiger partial charge in [0, 0.05) is 18.5 Å². The van der Waals surface area contributed by atoms with Crippen LogP contribution in [0.3, 0.4) is 0 Å². The van der Waals surface area contributed by atoms with Crippen LogP contribution >= 0.6 is 34.5 Å². The van der Waals surface area contributed by atoms with E-state index in [1.165, 1.54) is 4.88 Å². The Morgan fingerprint density at radius 3 is 2.79 bits per heavy atom. The maximum absolute atomic E-state index is 11.1. The van der Waals surface area contributed by atoms with Gasteiger partial charge in [0.2, 0.25) is 5.91 Å². The summed E-state index contributed by atoms with van der Waals surface area (Å²) in [5.74, 6) is -0.00358. The van der Waals surface area contributed by atoms with Gasteiger partial charge in [-0.05, 0) is 18.6 Å². The summed E-state index contributed by atoms with van der Waals surface area (Å²) in [6.45, 7) is 0.683. The molecule has 0 aliphatic heterocycles. The number of hydrogen-bond acceptors (Lipinski definition) is 2. The van der Waals surface area contributed by atoms with Crippen LogP contribution in [-0.2, 0) is 11.2 Å². The van der Waals surface area contributed by atoms with E-state index in [2.05, 4.69) is 0 Å².